The molecule has 152 valence electrons. The highest BCUT2D eigenvalue weighted by Gasteiger charge is 2.19. The molecule has 7 nitrogen and oxygen atoms in total. The van der Waals surface area contributed by atoms with Crippen LogP contribution in [0.2, 0.25) is 0 Å². The summed E-state index contributed by atoms with van der Waals surface area (Å²) in [5, 5.41) is 5.98. The summed E-state index contributed by atoms with van der Waals surface area (Å²) in [7, 11) is 0. The number of fused-ring (bicyclic) bond motifs is 1. The smallest absolute Gasteiger partial charge is 0.343 e. The normalized spacial score (nSPS) is 12.4. The van der Waals surface area contributed by atoms with Gasteiger partial charge in [-0.3, -0.25) is 4.57 Å². The molecule has 0 unspecified atom stereocenters. The topological polar surface area (TPSA) is 95.2 Å². The minimum Gasteiger partial charge on any atom is -0.454 e. The van der Waals surface area contributed by atoms with Crippen molar-refractivity contribution in [2.45, 2.75) is 13.0 Å². The fourth-order valence-electron chi connectivity index (χ4n) is 2.91. The first-order chi connectivity index (χ1) is 14.0. The molecule has 0 spiro atoms. The molecule has 2 aromatic heterocycles. The van der Waals surface area contributed by atoms with Crippen LogP contribution in [0.25, 0.3) is 10.4 Å². The molecule has 0 atom stereocenters. The molecule has 29 heavy (non-hydrogen) atoms. The second-order valence-corrected chi connectivity index (χ2v) is 7.36. The van der Waals surface area contributed by atoms with E-state index in [1.54, 1.807) is 18.2 Å². The monoisotopic (exact) mass is 424 g/mol. The van der Waals surface area contributed by atoms with Gasteiger partial charge in [0.25, 0.3) is 6.08 Å². The Morgan fingerprint density at radius 3 is 2.83 bits per heavy atom. The molecule has 0 aliphatic carbocycles. The van der Waals surface area contributed by atoms with E-state index in [0.29, 0.717) is 16.4 Å². The number of H-pyrrole nitrogens is 1. The number of nitrogens with zero attached hydrogens (tertiary/aromatic N) is 2. The van der Waals surface area contributed by atoms with Gasteiger partial charge in [-0.2, -0.15) is 13.9 Å². The van der Waals surface area contributed by atoms with Crippen LogP contribution in [0.3, 0.4) is 0 Å². The average Bonchev–Trinajstić information content (AvgIpc) is 3.40. The van der Waals surface area contributed by atoms with Crippen LogP contribution in [-0.2, 0) is 13.0 Å². The van der Waals surface area contributed by atoms with Crippen LogP contribution in [0, 0.1) is 5.82 Å². The Kier molecular flexibility index (Phi) is 5.16. The molecule has 0 saturated heterocycles. The van der Waals surface area contributed by atoms with Gasteiger partial charge in [0.1, 0.15) is 11.6 Å². The van der Waals surface area contributed by atoms with E-state index in [9.17, 15) is 18.0 Å². The lowest BCUT2D eigenvalue weighted by Crippen LogP contribution is -2.20. The zero-order chi connectivity index (χ0) is 20.5. The minimum absolute atomic E-state index is 0.0562. The van der Waals surface area contributed by atoms with Gasteiger partial charge < -0.3 is 15.2 Å². The maximum Gasteiger partial charge on any atom is 0.343 e. The Bertz CT molecular complexity index is 1150. The van der Waals surface area contributed by atoms with Crippen LogP contribution in [0.1, 0.15) is 10.7 Å². The number of nitrogens with two attached hydrogens (primary N) is 1. The highest BCUT2D eigenvalue weighted by molar-refractivity contribution is 7.15. The Morgan fingerprint density at radius 2 is 2.07 bits per heavy atom. The summed E-state index contributed by atoms with van der Waals surface area (Å²) in [6, 6.07) is 6.62. The van der Waals surface area contributed by atoms with Gasteiger partial charge in [-0.15, -0.1) is 11.3 Å². The minimum atomic E-state index is -1.91. The molecule has 0 saturated carbocycles. The maximum absolute atomic E-state index is 14.5. The number of benzene rings is 1. The van der Waals surface area contributed by atoms with Crippen LogP contribution in [0.4, 0.5) is 13.2 Å². The van der Waals surface area contributed by atoms with Gasteiger partial charge in [0.15, 0.2) is 11.5 Å². The SMILES string of the molecule is NCC(Cc1n[nH]c(=O)n1Cc1sc(-c2ccc3c(c2)OCO3)cc1F)=C(F)F. The zero-order valence-corrected chi connectivity index (χ0v) is 15.7. The van der Waals surface area contributed by atoms with Crippen molar-refractivity contribution < 1.29 is 22.6 Å². The van der Waals surface area contributed by atoms with Crippen LogP contribution in [0.15, 0.2) is 40.7 Å². The lowest BCUT2D eigenvalue weighted by Gasteiger charge is -2.06. The van der Waals surface area contributed by atoms with Crippen LogP contribution in [-0.4, -0.2) is 28.1 Å². The third kappa shape index (κ3) is 3.78. The number of ether oxygens (including phenoxy) is 2. The number of halogens is 3. The molecule has 3 N–H and O–H groups in total. The van der Waals surface area contributed by atoms with E-state index in [2.05, 4.69) is 10.2 Å². The molecular formula is C18H15F3N4O3S. The van der Waals surface area contributed by atoms with Crippen molar-refractivity contribution in [2.24, 2.45) is 5.73 Å². The molecule has 0 bridgehead atoms. The summed E-state index contributed by atoms with van der Waals surface area (Å²) in [6.45, 7) is -0.379. The summed E-state index contributed by atoms with van der Waals surface area (Å²) in [5.41, 5.74) is 5.10. The van der Waals surface area contributed by atoms with E-state index in [0.717, 1.165) is 21.5 Å². The summed E-state index contributed by atoms with van der Waals surface area (Å²) < 4.78 is 52.1. The molecule has 0 radical (unpaired) electrons. The number of aromatic amines is 1. The Labute approximate surface area is 166 Å². The second-order valence-electron chi connectivity index (χ2n) is 6.23. The van der Waals surface area contributed by atoms with E-state index in [1.807, 2.05) is 0 Å². The van der Waals surface area contributed by atoms with Gasteiger partial charge in [0.2, 0.25) is 6.79 Å². The Balaban J connectivity index is 1.62. The molecule has 11 heteroatoms. The van der Waals surface area contributed by atoms with Crippen molar-refractivity contribution in [3.05, 3.63) is 62.9 Å². The first-order valence-electron chi connectivity index (χ1n) is 8.51. The number of rotatable bonds is 6. The quantitative estimate of drug-likeness (QED) is 0.635. The van der Waals surface area contributed by atoms with Crippen molar-refractivity contribution in [1.29, 1.82) is 0 Å². The summed E-state index contributed by atoms with van der Waals surface area (Å²) in [4.78, 5) is 13.0. The lowest BCUT2D eigenvalue weighted by atomic mass is 10.1. The van der Waals surface area contributed by atoms with E-state index < -0.39 is 17.6 Å². The molecule has 3 aromatic rings. The second kappa shape index (κ2) is 7.76. The third-order valence-corrected chi connectivity index (χ3v) is 5.58. The van der Waals surface area contributed by atoms with Crippen molar-refractivity contribution >= 4 is 11.3 Å². The summed E-state index contributed by atoms with van der Waals surface area (Å²) in [6.07, 6.45) is -2.22. The molecule has 0 fully saturated rings. The first kappa shape index (κ1) is 19.3. The number of hydrogen-bond acceptors (Lipinski definition) is 6. The van der Waals surface area contributed by atoms with Gasteiger partial charge in [0, 0.05) is 23.4 Å². The summed E-state index contributed by atoms with van der Waals surface area (Å²) in [5.74, 6) is 0.735. The summed E-state index contributed by atoms with van der Waals surface area (Å²) >= 11 is 1.15. The van der Waals surface area contributed by atoms with Crippen LogP contribution in [0.5, 0.6) is 11.5 Å². The largest absolute Gasteiger partial charge is 0.454 e. The van der Waals surface area contributed by atoms with Gasteiger partial charge in [-0.25, -0.2) is 14.3 Å². The van der Waals surface area contributed by atoms with Gasteiger partial charge in [0.05, 0.1) is 11.4 Å². The maximum atomic E-state index is 14.5. The highest BCUT2D eigenvalue weighted by Crippen LogP contribution is 2.38. The number of hydrogen-bond donors (Lipinski definition) is 2. The molecule has 4 rings (SSSR count). The lowest BCUT2D eigenvalue weighted by molar-refractivity contribution is 0.174. The predicted octanol–water partition coefficient (Wildman–Crippen LogP) is 2.87. The zero-order valence-electron chi connectivity index (χ0n) is 14.9. The van der Waals surface area contributed by atoms with Crippen LogP contribution < -0.4 is 20.9 Å². The molecule has 0 amide bonds. The average molecular weight is 424 g/mol. The van der Waals surface area contributed by atoms with Gasteiger partial charge >= 0.3 is 5.69 Å². The molecule has 3 heterocycles. The fraction of sp³-hybridized carbons (Fsp3) is 0.222. The molecule has 1 aliphatic rings. The number of thiophene rings is 1. The van der Waals surface area contributed by atoms with Crippen molar-refractivity contribution in [2.75, 3.05) is 13.3 Å². The van der Waals surface area contributed by atoms with Crippen molar-refractivity contribution in [1.82, 2.24) is 14.8 Å². The van der Waals surface area contributed by atoms with E-state index >= 15 is 0 Å². The number of nitrogens with one attached hydrogen (secondary N) is 1. The Morgan fingerprint density at radius 1 is 1.28 bits per heavy atom. The molecular weight excluding hydrogens is 409 g/mol. The predicted molar refractivity (Wildman–Crippen MR) is 99.8 cm³/mol. The van der Waals surface area contributed by atoms with Gasteiger partial charge in [-0.05, 0) is 29.8 Å². The third-order valence-electron chi connectivity index (χ3n) is 4.44. The Hall–Kier alpha value is -3.05. The standard InChI is InChI=1S/C18H15F3N4O3S/c19-11-5-14(9-1-2-12-13(3-9)28-8-27-12)29-15(11)7-25-16(23-24-18(25)26)4-10(6-22)17(20)21/h1-3,5H,4,6-8,22H2,(H,24,26). The number of aromatic nitrogens is 3. The van der Waals surface area contributed by atoms with Gasteiger partial charge in [-0.1, -0.05) is 0 Å². The van der Waals surface area contributed by atoms with E-state index in [-0.39, 0.29) is 42.6 Å². The van der Waals surface area contributed by atoms with Crippen LogP contribution >= 0.6 is 11.3 Å². The fourth-order valence-corrected chi connectivity index (χ4v) is 3.93. The van der Waals surface area contributed by atoms with E-state index in [4.69, 9.17) is 15.2 Å². The van der Waals surface area contributed by atoms with Crippen molar-refractivity contribution in [3.63, 3.8) is 0 Å². The van der Waals surface area contributed by atoms with E-state index in [1.165, 1.54) is 6.07 Å². The first-order valence-corrected chi connectivity index (χ1v) is 9.33. The highest BCUT2D eigenvalue weighted by atomic mass is 32.1. The molecule has 1 aromatic carbocycles. The van der Waals surface area contributed by atoms with Crippen molar-refractivity contribution in [3.8, 4) is 21.9 Å². The molecule has 1 aliphatic heterocycles.